The molecule has 0 aliphatic heterocycles. The summed E-state index contributed by atoms with van der Waals surface area (Å²) in [6, 6.07) is 6.85. The lowest BCUT2D eigenvalue weighted by atomic mass is 10.3. The Morgan fingerprint density at radius 3 is 2.73 bits per heavy atom. The minimum atomic E-state index is -0.448. The number of aryl methyl sites for hydroxylation is 1. The lowest BCUT2D eigenvalue weighted by molar-refractivity contribution is 0.0940. The molecule has 0 saturated carbocycles. The van der Waals surface area contributed by atoms with Gasteiger partial charge in [0.2, 0.25) is 0 Å². The average molecular weight is 342 g/mol. The molecule has 0 fully saturated rings. The molecule has 0 radical (unpaired) electrons. The fourth-order valence-electron chi connectivity index (χ4n) is 1.95. The SMILES string of the molecule is Cc1cc(C(=O)NCCC(C)O)nn1-c1ccc(Cl)c(Cl)c1. The number of nitrogens with one attached hydrogen (secondary N) is 1. The van der Waals surface area contributed by atoms with Crippen molar-refractivity contribution in [2.24, 2.45) is 0 Å². The summed E-state index contributed by atoms with van der Waals surface area (Å²) in [7, 11) is 0. The third kappa shape index (κ3) is 4.00. The minimum Gasteiger partial charge on any atom is -0.393 e. The molecule has 0 spiro atoms. The van der Waals surface area contributed by atoms with Gasteiger partial charge in [-0.1, -0.05) is 23.2 Å². The van der Waals surface area contributed by atoms with Crippen LogP contribution >= 0.6 is 23.2 Å². The van der Waals surface area contributed by atoms with E-state index in [0.717, 1.165) is 11.4 Å². The Morgan fingerprint density at radius 2 is 2.09 bits per heavy atom. The number of rotatable bonds is 5. The van der Waals surface area contributed by atoms with Crippen molar-refractivity contribution in [3.63, 3.8) is 0 Å². The Labute approximate surface area is 138 Å². The van der Waals surface area contributed by atoms with Crippen LogP contribution in [-0.4, -0.2) is 33.4 Å². The molecule has 0 aliphatic carbocycles. The zero-order valence-electron chi connectivity index (χ0n) is 12.3. The van der Waals surface area contributed by atoms with E-state index < -0.39 is 6.10 Å². The second-order valence-corrected chi connectivity index (χ2v) is 5.89. The highest BCUT2D eigenvalue weighted by Crippen LogP contribution is 2.25. The number of carbonyl (C=O) groups excluding carboxylic acids is 1. The summed E-state index contributed by atoms with van der Waals surface area (Å²) in [5, 5.41) is 17.1. The standard InChI is InChI=1S/C15H17Cl2N3O2/c1-9-7-14(15(22)18-6-5-10(2)21)19-20(9)11-3-4-12(16)13(17)8-11/h3-4,7-8,10,21H,5-6H2,1-2H3,(H,18,22). The van der Waals surface area contributed by atoms with Gasteiger partial charge in [-0.05, 0) is 44.5 Å². The van der Waals surface area contributed by atoms with Gasteiger partial charge < -0.3 is 10.4 Å². The van der Waals surface area contributed by atoms with Gasteiger partial charge in [-0.2, -0.15) is 5.10 Å². The van der Waals surface area contributed by atoms with Crippen molar-refractivity contribution in [1.29, 1.82) is 0 Å². The first-order chi connectivity index (χ1) is 10.4. The maximum Gasteiger partial charge on any atom is 0.271 e. The van der Waals surface area contributed by atoms with Gasteiger partial charge in [-0.25, -0.2) is 4.68 Å². The molecule has 1 atom stereocenters. The summed E-state index contributed by atoms with van der Waals surface area (Å²) in [5.41, 5.74) is 1.85. The van der Waals surface area contributed by atoms with Crippen molar-refractivity contribution in [2.45, 2.75) is 26.4 Å². The van der Waals surface area contributed by atoms with Crippen molar-refractivity contribution in [3.8, 4) is 5.69 Å². The molecule has 1 aromatic heterocycles. The van der Waals surface area contributed by atoms with Crippen molar-refractivity contribution < 1.29 is 9.90 Å². The van der Waals surface area contributed by atoms with Gasteiger partial charge in [-0.3, -0.25) is 4.79 Å². The normalized spacial score (nSPS) is 12.2. The quantitative estimate of drug-likeness (QED) is 0.878. The number of hydrogen-bond acceptors (Lipinski definition) is 3. The fourth-order valence-corrected chi connectivity index (χ4v) is 2.24. The highest BCUT2D eigenvalue weighted by molar-refractivity contribution is 6.42. The molecule has 0 bridgehead atoms. The molecule has 2 rings (SSSR count). The van der Waals surface area contributed by atoms with E-state index in [1.807, 2.05) is 6.92 Å². The summed E-state index contributed by atoms with van der Waals surface area (Å²) < 4.78 is 1.63. The highest BCUT2D eigenvalue weighted by Gasteiger charge is 2.13. The van der Waals surface area contributed by atoms with Crippen LogP contribution in [0, 0.1) is 6.92 Å². The second kappa shape index (κ2) is 7.13. The molecule has 1 heterocycles. The monoisotopic (exact) mass is 341 g/mol. The van der Waals surface area contributed by atoms with Crippen LogP contribution in [-0.2, 0) is 0 Å². The summed E-state index contributed by atoms with van der Waals surface area (Å²) >= 11 is 11.9. The molecule has 0 saturated heterocycles. The van der Waals surface area contributed by atoms with Crippen LogP contribution in [0.25, 0.3) is 5.69 Å². The molecule has 1 amide bonds. The predicted octanol–water partition coefficient (Wildman–Crippen LogP) is 2.99. The number of amides is 1. The maximum absolute atomic E-state index is 12.0. The third-order valence-corrected chi connectivity index (χ3v) is 3.85. The molecule has 2 N–H and O–H groups in total. The van der Waals surface area contributed by atoms with E-state index in [1.54, 1.807) is 35.9 Å². The van der Waals surface area contributed by atoms with Gasteiger partial charge in [-0.15, -0.1) is 0 Å². The number of hydrogen-bond donors (Lipinski definition) is 2. The lowest BCUT2D eigenvalue weighted by Crippen LogP contribution is -2.27. The van der Waals surface area contributed by atoms with Gasteiger partial charge in [0.05, 0.1) is 21.8 Å². The van der Waals surface area contributed by atoms with Crippen LogP contribution in [0.1, 0.15) is 29.5 Å². The van der Waals surface area contributed by atoms with Crippen LogP contribution in [0.15, 0.2) is 24.3 Å². The van der Waals surface area contributed by atoms with E-state index in [1.165, 1.54) is 0 Å². The first-order valence-electron chi connectivity index (χ1n) is 6.87. The number of carbonyl (C=O) groups is 1. The molecule has 0 aliphatic rings. The predicted molar refractivity (Wildman–Crippen MR) is 87.0 cm³/mol. The van der Waals surface area contributed by atoms with Gasteiger partial charge in [0.15, 0.2) is 5.69 Å². The van der Waals surface area contributed by atoms with Crippen LogP contribution in [0.2, 0.25) is 10.0 Å². The smallest absolute Gasteiger partial charge is 0.271 e. The molecule has 7 heteroatoms. The topological polar surface area (TPSA) is 67.2 Å². The third-order valence-electron chi connectivity index (χ3n) is 3.12. The van der Waals surface area contributed by atoms with Crippen LogP contribution in [0.3, 0.4) is 0 Å². The Balaban J connectivity index is 2.17. The number of aliphatic hydroxyl groups is 1. The lowest BCUT2D eigenvalue weighted by Gasteiger charge is -2.06. The second-order valence-electron chi connectivity index (χ2n) is 5.07. The molecule has 1 aromatic carbocycles. The molecular weight excluding hydrogens is 325 g/mol. The molecular formula is C15H17Cl2N3O2. The number of halogens is 2. The minimum absolute atomic E-state index is 0.275. The van der Waals surface area contributed by atoms with Crippen LogP contribution in [0.5, 0.6) is 0 Å². The van der Waals surface area contributed by atoms with Crippen LogP contribution < -0.4 is 5.32 Å². The van der Waals surface area contributed by atoms with E-state index >= 15 is 0 Å². The van der Waals surface area contributed by atoms with E-state index in [-0.39, 0.29) is 5.91 Å². The number of aliphatic hydroxyl groups excluding tert-OH is 1. The average Bonchev–Trinajstić information content (AvgIpc) is 2.83. The molecule has 22 heavy (non-hydrogen) atoms. The first-order valence-corrected chi connectivity index (χ1v) is 7.62. The molecule has 118 valence electrons. The number of aromatic nitrogens is 2. The van der Waals surface area contributed by atoms with Gasteiger partial charge in [0.25, 0.3) is 5.91 Å². The van der Waals surface area contributed by atoms with Crippen molar-refractivity contribution in [2.75, 3.05) is 6.54 Å². The van der Waals surface area contributed by atoms with Gasteiger partial charge in [0.1, 0.15) is 0 Å². The highest BCUT2D eigenvalue weighted by atomic mass is 35.5. The zero-order chi connectivity index (χ0) is 16.3. The molecule has 1 unspecified atom stereocenters. The van der Waals surface area contributed by atoms with Crippen molar-refractivity contribution in [1.82, 2.24) is 15.1 Å². The summed E-state index contributed by atoms with van der Waals surface area (Å²) in [6.07, 6.45) is 0.0499. The fraction of sp³-hybridized carbons (Fsp3) is 0.333. The van der Waals surface area contributed by atoms with Crippen molar-refractivity contribution in [3.05, 3.63) is 45.7 Å². The largest absolute Gasteiger partial charge is 0.393 e. The van der Waals surface area contributed by atoms with Crippen molar-refractivity contribution >= 4 is 29.1 Å². The van der Waals surface area contributed by atoms with E-state index in [2.05, 4.69) is 10.4 Å². The van der Waals surface area contributed by atoms with E-state index in [0.29, 0.717) is 28.7 Å². The van der Waals surface area contributed by atoms with Gasteiger partial charge >= 0.3 is 0 Å². The number of benzene rings is 1. The number of nitrogens with zero attached hydrogens (tertiary/aromatic N) is 2. The summed E-state index contributed by atoms with van der Waals surface area (Å²) in [4.78, 5) is 12.0. The Kier molecular flexibility index (Phi) is 5.45. The van der Waals surface area contributed by atoms with E-state index in [4.69, 9.17) is 23.2 Å². The summed E-state index contributed by atoms with van der Waals surface area (Å²) in [5.74, 6) is -0.275. The molecule has 2 aromatic rings. The van der Waals surface area contributed by atoms with Crippen LogP contribution in [0.4, 0.5) is 0 Å². The molecule has 5 nitrogen and oxygen atoms in total. The summed E-state index contributed by atoms with van der Waals surface area (Å²) in [6.45, 7) is 3.92. The van der Waals surface area contributed by atoms with E-state index in [9.17, 15) is 9.90 Å². The Morgan fingerprint density at radius 1 is 1.36 bits per heavy atom. The Bertz CT molecular complexity index is 683. The van der Waals surface area contributed by atoms with Gasteiger partial charge in [0, 0.05) is 12.2 Å². The Hall–Kier alpha value is -1.56. The first kappa shape index (κ1) is 16.8. The zero-order valence-corrected chi connectivity index (χ0v) is 13.8. The maximum atomic E-state index is 12.0.